The van der Waals surface area contributed by atoms with Gasteiger partial charge in [0.15, 0.2) is 0 Å². The molecule has 1 aliphatic heterocycles. The molecule has 0 atom stereocenters. The lowest BCUT2D eigenvalue weighted by Crippen LogP contribution is -2.40. The highest BCUT2D eigenvalue weighted by Crippen LogP contribution is 2.30. The molecule has 1 aliphatic rings. The average molecular weight is 485 g/mol. The first-order valence-corrected chi connectivity index (χ1v) is 11.3. The van der Waals surface area contributed by atoms with Crippen LogP contribution in [0.4, 0.5) is 13.2 Å². The van der Waals surface area contributed by atoms with Crippen LogP contribution in [0.1, 0.15) is 16.7 Å². The molecule has 1 fully saturated rings. The number of sulfonamides is 1. The van der Waals surface area contributed by atoms with Gasteiger partial charge in [0.2, 0.25) is 10.0 Å². The number of methoxy groups -OCH3 is 1. The molecule has 0 spiro atoms. The van der Waals surface area contributed by atoms with Crippen LogP contribution in [0, 0.1) is 0 Å². The molecule has 0 radical (unpaired) electrons. The monoisotopic (exact) mass is 485 g/mol. The van der Waals surface area contributed by atoms with Gasteiger partial charge in [-0.3, -0.25) is 0 Å². The number of rotatable bonds is 7. The van der Waals surface area contributed by atoms with Gasteiger partial charge in [-0.15, -0.1) is 0 Å². The predicted molar refractivity (Wildman–Crippen MR) is 113 cm³/mol. The van der Waals surface area contributed by atoms with E-state index in [4.69, 9.17) is 14.2 Å². The van der Waals surface area contributed by atoms with Crippen molar-refractivity contribution < 1.29 is 40.6 Å². The summed E-state index contributed by atoms with van der Waals surface area (Å²) < 4.78 is 81.1. The second-order valence-corrected chi connectivity index (χ2v) is 8.97. The lowest BCUT2D eigenvalue weighted by Gasteiger charge is -2.26. The molecule has 33 heavy (non-hydrogen) atoms. The summed E-state index contributed by atoms with van der Waals surface area (Å²) in [6, 6.07) is 8.89. The van der Waals surface area contributed by atoms with Crippen LogP contribution in [0.5, 0.6) is 5.75 Å². The molecule has 0 amide bonds. The molecule has 2 aromatic carbocycles. The zero-order chi connectivity index (χ0) is 24.1. The number of alkyl halides is 3. The molecule has 11 heteroatoms. The van der Waals surface area contributed by atoms with Crippen molar-refractivity contribution in [2.75, 3.05) is 33.4 Å². The lowest BCUT2D eigenvalue weighted by molar-refractivity contribution is -0.138. The van der Waals surface area contributed by atoms with Gasteiger partial charge in [0.25, 0.3) is 0 Å². The first-order chi connectivity index (χ1) is 15.6. The van der Waals surface area contributed by atoms with Crippen LogP contribution in [0.3, 0.4) is 0 Å². The number of morpholine rings is 1. The van der Waals surface area contributed by atoms with E-state index in [9.17, 15) is 26.4 Å². The summed E-state index contributed by atoms with van der Waals surface area (Å²) in [5, 5.41) is 0. The van der Waals surface area contributed by atoms with Crippen LogP contribution in [-0.2, 0) is 37.1 Å². The Kier molecular flexibility index (Phi) is 7.77. The van der Waals surface area contributed by atoms with E-state index in [0.717, 1.165) is 18.2 Å². The summed E-state index contributed by atoms with van der Waals surface area (Å²) in [4.78, 5) is 12.0. The molecule has 0 bridgehead atoms. The largest absolute Gasteiger partial charge is 0.495 e. The summed E-state index contributed by atoms with van der Waals surface area (Å²) in [5.41, 5.74) is -0.243. The van der Waals surface area contributed by atoms with Gasteiger partial charge < -0.3 is 14.2 Å². The summed E-state index contributed by atoms with van der Waals surface area (Å²) in [6.07, 6.45) is -2.07. The molecule has 2 aromatic rings. The van der Waals surface area contributed by atoms with Crippen LogP contribution in [0.15, 0.2) is 53.4 Å². The smallest absolute Gasteiger partial charge is 0.416 e. The Labute approximate surface area is 189 Å². The van der Waals surface area contributed by atoms with Gasteiger partial charge in [-0.25, -0.2) is 13.2 Å². The minimum atomic E-state index is -4.49. The zero-order valence-electron chi connectivity index (χ0n) is 17.7. The minimum absolute atomic E-state index is 0.0496. The third-order valence-corrected chi connectivity index (χ3v) is 6.74. The van der Waals surface area contributed by atoms with Crippen molar-refractivity contribution in [1.29, 1.82) is 0 Å². The Morgan fingerprint density at radius 2 is 1.88 bits per heavy atom. The Balaban J connectivity index is 1.71. The van der Waals surface area contributed by atoms with Crippen molar-refractivity contribution in [1.82, 2.24) is 4.31 Å². The maximum atomic E-state index is 13.0. The fraction of sp³-hybridized carbons (Fsp3) is 0.318. The highest BCUT2D eigenvalue weighted by Gasteiger charge is 2.31. The Morgan fingerprint density at radius 1 is 1.15 bits per heavy atom. The molecule has 1 saturated heterocycles. The van der Waals surface area contributed by atoms with E-state index in [1.807, 2.05) is 0 Å². The highest BCUT2D eigenvalue weighted by atomic mass is 32.2. The van der Waals surface area contributed by atoms with E-state index in [1.54, 1.807) is 6.07 Å². The zero-order valence-corrected chi connectivity index (χ0v) is 18.5. The first kappa shape index (κ1) is 24.7. The molecular formula is C22H22F3NO6S. The minimum Gasteiger partial charge on any atom is -0.495 e. The molecule has 0 unspecified atom stereocenters. The summed E-state index contributed by atoms with van der Waals surface area (Å²) in [6.45, 7) is 0.672. The molecule has 0 saturated carbocycles. The number of carbonyl (C=O) groups is 1. The van der Waals surface area contributed by atoms with E-state index < -0.39 is 27.7 Å². The maximum absolute atomic E-state index is 13.0. The predicted octanol–water partition coefficient (Wildman–Crippen LogP) is 3.49. The van der Waals surface area contributed by atoms with Gasteiger partial charge in [0, 0.05) is 19.2 Å². The maximum Gasteiger partial charge on any atom is 0.416 e. The number of benzene rings is 2. The third kappa shape index (κ3) is 6.34. The molecular weight excluding hydrogens is 463 g/mol. The van der Waals surface area contributed by atoms with Crippen molar-refractivity contribution in [3.8, 4) is 5.75 Å². The SMILES string of the molecule is COc1ccc(/C=C/C(=O)OCc2cccc(C(F)(F)F)c2)cc1S(=O)(=O)N1CCOCC1. The van der Waals surface area contributed by atoms with Crippen molar-refractivity contribution in [2.24, 2.45) is 0 Å². The van der Waals surface area contributed by atoms with Crippen molar-refractivity contribution in [2.45, 2.75) is 17.7 Å². The second kappa shape index (κ2) is 10.4. The Bertz CT molecular complexity index is 1130. The van der Waals surface area contributed by atoms with Crippen LogP contribution in [0.2, 0.25) is 0 Å². The van der Waals surface area contributed by atoms with Gasteiger partial charge in [-0.1, -0.05) is 18.2 Å². The van der Waals surface area contributed by atoms with Crippen molar-refractivity contribution in [3.63, 3.8) is 0 Å². The Morgan fingerprint density at radius 3 is 2.55 bits per heavy atom. The number of nitrogens with zero attached hydrogens (tertiary/aromatic N) is 1. The van der Waals surface area contributed by atoms with Crippen LogP contribution >= 0.6 is 0 Å². The van der Waals surface area contributed by atoms with Gasteiger partial charge >= 0.3 is 12.1 Å². The first-order valence-electron chi connectivity index (χ1n) is 9.88. The molecule has 0 aliphatic carbocycles. The highest BCUT2D eigenvalue weighted by molar-refractivity contribution is 7.89. The van der Waals surface area contributed by atoms with Gasteiger partial charge in [-0.05, 0) is 41.5 Å². The second-order valence-electron chi connectivity index (χ2n) is 7.07. The van der Waals surface area contributed by atoms with E-state index in [0.29, 0.717) is 18.8 Å². The molecule has 3 rings (SSSR count). The molecule has 1 heterocycles. The number of hydrogen-bond donors (Lipinski definition) is 0. The van der Waals surface area contributed by atoms with Crippen molar-refractivity contribution >= 4 is 22.1 Å². The lowest BCUT2D eigenvalue weighted by atomic mass is 10.1. The Hall–Kier alpha value is -2.89. The third-order valence-electron chi connectivity index (χ3n) is 4.82. The van der Waals surface area contributed by atoms with Gasteiger partial charge in [0.05, 0.1) is 25.9 Å². The van der Waals surface area contributed by atoms with E-state index in [-0.39, 0.29) is 35.9 Å². The summed E-state index contributed by atoms with van der Waals surface area (Å²) in [5.74, 6) is -0.633. The molecule has 7 nitrogen and oxygen atoms in total. The number of esters is 1. The molecule has 0 N–H and O–H groups in total. The normalized spacial score (nSPS) is 15.5. The number of carbonyl (C=O) groups excluding carboxylic acids is 1. The van der Waals surface area contributed by atoms with Crippen LogP contribution in [-0.4, -0.2) is 52.1 Å². The van der Waals surface area contributed by atoms with E-state index in [1.165, 1.54) is 41.8 Å². The molecule has 0 aromatic heterocycles. The average Bonchev–Trinajstić information content (AvgIpc) is 2.81. The van der Waals surface area contributed by atoms with E-state index in [2.05, 4.69) is 0 Å². The fourth-order valence-electron chi connectivity index (χ4n) is 3.13. The number of ether oxygens (including phenoxy) is 3. The van der Waals surface area contributed by atoms with Crippen LogP contribution in [0.25, 0.3) is 6.08 Å². The van der Waals surface area contributed by atoms with Crippen molar-refractivity contribution in [3.05, 3.63) is 65.2 Å². The van der Waals surface area contributed by atoms with Gasteiger partial charge in [-0.2, -0.15) is 17.5 Å². The summed E-state index contributed by atoms with van der Waals surface area (Å²) >= 11 is 0. The summed E-state index contributed by atoms with van der Waals surface area (Å²) in [7, 11) is -2.49. The van der Waals surface area contributed by atoms with Gasteiger partial charge in [0.1, 0.15) is 17.3 Å². The quantitative estimate of drug-likeness (QED) is 0.441. The number of halogens is 3. The number of hydrogen-bond acceptors (Lipinski definition) is 6. The fourth-order valence-corrected chi connectivity index (χ4v) is 4.73. The van der Waals surface area contributed by atoms with E-state index >= 15 is 0 Å². The molecule has 178 valence electrons. The standard InChI is InChI=1S/C22H22F3NO6S/c1-30-19-7-5-16(14-20(19)33(28,29)26-9-11-31-12-10-26)6-8-21(27)32-15-17-3-2-4-18(13-17)22(23,24)25/h2-8,13-14H,9-12,15H2,1H3/b8-6+. The van der Waals surface area contributed by atoms with Crippen LogP contribution < -0.4 is 4.74 Å². The topological polar surface area (TPSA) is 82.1 Å².